The molecule has 0 heterocycles. The van der Waals surface area contributed by atoms with E-state index in [0.29, 0.717) is 32.5 Å². The molecule has 0 spiro atoms. The topological polar surface area (TPSA) is 77.8 Å². The second-order valence-corrected chi connectivity index (χ2v) is 6.18. The third-order valence-electron chi connectivity index (χ3n) is 3.56. The van der Waals surface area contributed by atoms with Crippen LogP contribution in [0.3, 0.4) is 0 Å². The Bertz CT molecular complexity index is 742. The minimum absolute atomic E-state index is 0.444. The van der Waals surface area contributed by atoms with Gasteiger partial charge in [0.25, 0.3) is 0 Å². The summed E-state index contributed by atoms with van der Waals surface area (Å²) in [6.07, 6.45) is 0. The van der Waals surface area contributed by atoms with Gasteiger partial charge in [0.1, 0.15) is 0 Å². The zero-order valence-corrected chi connectivity index (χ0v) is 14.5. The summed E-state index contributed by atoms with van der Waals surface area (Å²) >= 11 is 11.9. The number of aryl methyl sites for hydroxylation is 2. The highest BCUT2D eigenvalue weighted by atomic mass is 35.5. The van der Waals surface area contributed by atoms with Crippen molar-refractivity contribution in [1.82, 2.24) is 0 Å². The zero-order chi connectivity index (χ0) is 18.0. The molecule has 0 fully saturated rings. The van der Waals surface area contributed by atoms with Crippen LogP contribution in [0, 0.1) is 13.8 Å². The van der Waals surface area contributed by atoms with Crippen molar-refractivity contribution in [2.45, 2.75) is 19.9 Å². The number of nitrogens with zero attached hydrogens (tertiary/aromatic N) is 1. The minimum atomic E-state index is -1.79. The van der Waals surface area contributed by atoms with Gasteiger partial charge < -0.3 is 15.1 Å². The van der Waals surface area contributed by atoms with Crippen molar-refractivity contribution in [3.05, 3.63) is 57.6 Å². The van der Waals surface area contributed by atoms with Crippen LogP contribution in [-0.2, 0) is 9.59 Å². The lowest BCUT2D eigenvalue weighted by molar-refractivity contribution is -0.149. The number of hydrogen-bond acceptors (Lipinski definition) is 3. The third-order valence-corrected chi connectivity index (χ3v) is 4.03. The first-order valence-electron chi connectivity index (χ1n) is 6.99. The molecule has 2 N–H and O–H groups in total. The van der Waals surface area contributed by atoms with Crippen molar-refractivity contribution >= 4 is 46.5 Å². The van der Waals surface area contributed by atoms with Gasteiger partial charge in [-0.2, -0.15) is 0 Å². The largest absolute Gasteiger partial charge is 0.479 e. The maximum atomic E-state index is 11.6. The molecule has 2 aromatic rings. The van der Waals surface area contributed by atoms with Crippen LogP contribution in [0.25, 0.3) is 0 Å². The highest BCUT2D eigenvalue weighted by molar-refractivity contribution is 6.31. The van der Waals surface area contributed by atoms with Crippen molar-refractivity contribution in [2.75, 3.05) is 4.90 Å². The predicted octanol–water partition coefficient (Wildman–Crippen LogP) is 4.29. The molecule has 0 aliphatic carbocycles. The van der Waals surface area contributed by atoms with Crippen molar-refractivity contribution in [2.24, 2.45) is 0 Å². The molecule has 0 amide bonds. The maximum Gasteiger partial charge on any atom is 0.338 e. The maximum absolute atomic E-state index is 11.6. The van der Waals surface area contributed by atoms with Crippen molar-refractivity contribution < 1.29 is 19.8 Å². The molecule has 0 aliphatic rings. The quantitative estimate of drug-likeness (QED) is 0.770. The van der Waals surface area contributed by atoms with Crippen LogP contribution in [0.1, 0.15) is 11.1 Å². The predicted molar refractivity (Wildman–Crippen MR) is 93.6 cm³/mol. The minimum Gasteiger partial charge on any atom is -0.479 e. The Morgan fingerprint density at radius 1 is 0.875 bits per heavy atom. The number of rotatable bonds is 5. The normalized spacial score (nSPS) is 10.7. The molecule has 126 valence electrons. The molecule has 5 nitrogen and oxygen atoms in total. The van der Waals surface area contributed by atoms with Crippen LogP contribution in [0.15, 0.2) is 36.4 Å². The van der Waals surface area contributed by atoms with Crippen LogP contribution in [0.5, 0.6) is 0 Å². The van der Waals surface area contributed by atoms with E-state index in [4.69, 9.17) is 23.2 Å². The second kappa shape index (κ2) is 7.11. The molecule has 0 aromatic heterocycles. The summed E-state index contributed by atoms with van der Waals surface area (Å²) in [4.78, 5) is 24.5. The van der Waals surface area contributed by atoms with E-state index in [1.165, 1.54) is 4.90 Å². The number of halogens is 2. The molecule has 0 radical (unpaired) electrons. The van der Waals surface area contributed by atoms with Gasteiger partial charge in [-0.3, -0.25) is 0 Å². The Morgan fingerprint density at radius 3 is 1.54 bits per heavy atom. The Hall–Kier alpha value is -2.24. The van der Waals surface area contributed by atoms with Gasteiger partial charge in [-0.25, -0.2) is 9.59 Å². The Morgan fingerprint density at radius 2 is 1.25 bits per heavy atom. The number of hydrogen-bond donors (Lipinski definition) is 2. The van der Waals surface area contributed by atoms with Crippen LogP contribution in [0.4, 0.5) is 11.4 Å². The van der Waals surface area contributed by atoms with Crippen molar-refractivity contribution in [1.29, 1.82) is 0 Å². The van der Waals surface area contributed by atoms with E-state index >= 15 is 0 Å². The van der Waals surface area contributed by atoms with Gasteiger partial charge in [-0.05, 0) is 61.4 Å². The average Bonchev–Trinajstić information content (AvgIpc) is 2.45. The first kappa shape index (κ1) is 18.1. The fraction of sp³-hybridized carbons (Fsp3) is 0.176. The number of carboxylic acid groups (broad SMARTS) is 2. The Balaban J connectivity index is 2.73. The summed E-state index contributed by atoms with van der Waals surface area (Å²) in [7, 11) is 0. The zero-order valence-electron chi connectivity index (χ0n) is 13.0. The van der Waals surface area contributed by atoms with Crippen LogP contribution < -0.4 is 4.90 Å². The van der Waals surface area contributed by atoms with Crippen LogP contribution >= 0.6 is 23.2 Å². The number of carboxylic acids is 2. The number of carbonyl (C=O) groups is 2. The molecular formula is C17H15Cl2NO4. The van der Waals surface area contributed by atoms with Gasteiger partial charge in [-0.15, -0.1) is 0 Å². The first-order valence-corrected chi connectivity index (χ1v) is 7.75. The number of benzene rings is 2. The fourth-order valence-electron chi connectivity index (χ4n) is 2.51. The molecule has 0 saturated heterocycles. The average molecular weight is 368 g/mol. The van der Waals surface area contributed by atoms with Gasteiger partial charge in [0.15, 0.2) is 0 Å². The van der Waals surface area contributed by atoms with Gasteiger partial charge >= 0.3 is 11.9 Å². The Labute approximate surface area is 149 Å². The lowest BCUT2D eigenvalue weighted by Gasteiger charge is -2.31. The fourth-order valence-corrected chi connectivity index (χ4v) is 2.97. The lowest BCUT2D eigenvalue weighted by atomic mass is 10.1. The highest BCUT2D eigenvalue weighted by Gasteiger charge is 2.35. The highest BCUT2D eigenvalue weighted by Crippen LogP contribution is 2.35. The molecule has 24 heavy (non-hydrogen) atoms. The Kier molecular flexibility index (Phi) is 5.36. The second-order valence-electron chi connectivity index (χ2n) is 5.31. The lowest BCUT2D eigenvalue weighted by Crippen LogP contribution is -2.45. The standard InChI is InChI=1S/C17H15Cl2NO4/c1-9-7-11(18)3-5-13(9)20(15(16(21)22)17(23)24)14-6-4-12(19)8-10(14)2/h3-8,15H,1-2H3,(H,21,22)(H,23,24). The molecule has 0 saturated carbocycles. The first-order chi connectivity index (χ1) is 11.2. The molecule has 0 bridgehead atoms. The van der Waals surface area contributed by atoms with Gasteiger partial charge in [-0.1, -0.05) is 23.2 Å². The molecular weight excluding hydrogens is 353 g/mol. The molecule has 2 aromatic carbocycles. The smallest absolute Gasteiger partial charge is 0.338 e. The molecule has 2 rings (SSSR count). The van der Waals surface area contributed by atoms with E-state index < -0.39 is 18.0 Å². The van der Waals surface area contributed by atoms with Gasteiger partial charge in [0.05, 0.1) is 0 Å². The summed E-state index contributed by atoms with van der Waals surface area (Å²) in [5, 5.41) is 19.9. The molecule has 0 aliphatic heterocycles. The number of aliphatic carboxylic acids is 2. The summed E-state index contributed by atoms with van der Waals surface area (Å²) < 4.78 is 0. The SMILES string of the molecule is Cc1cc(Cl)ccc1N(c1ccc(Cl)cc1C)C(C(=O)O)C(=O)O. The summed E-state index contributed by atoms with van der Waals surface area (Å²) in [6, 6.07) is 7.89. The van der Waals surface area contributed by atoms with E-state index in [9.17, 15) is 19.8 Å². The van der Waals surface area contributed by atoms with Crippen molar-refractivity contribution in [3.63, 3.8) is 0 Å². The van der Waals surface area contributed by atoms with Gasteiger partial charge in [0.2, 0.25) is 6.04 Å². The number of anilines is 2. The van der Waals surface area contributed by atoms with E-state index in [2.05, 4.69) is 0 Å². The van der Waals surface area contributed by atoms with E-state index in [0.717, 1.165) is 0 Å². The van der Waals surface area contributed by atoms with E-state index in [-0.39, 0.29) is 0 Å². The summed E-state index contributed by atoms with van der Waals surface area (Å²) in [5.41, 5.74) is 2.20. The molecule has 7 heteroatoms. The van der Waals surface area contributed by atoms with Gasteiger partial charge in [0, 0.05) is 21.4 Å². The van der Waals surface area contributed by atoms with Crippen LogP contribution in [0.2, 0.25) is 10.0 Å². The summed E-state index contributed by atoms with van der Waals surface area (Å²) in [5.74, 6) is -2.93. The van der Waals surface area contributed by atoms with Crippen molar-refractivity contribution in [3.8, 4) is 0 Å². The molecule has 0 unspecified atom stereocenters. The van der Waals surface area contributed by atoms with E-state index in [1.54, 1.807) is 50.2 Å². The summed E-state index contributed by atoms with van der Waals surface area (Å²) in [6.45, 7) is 3.47. The molecule has 0 atom stereocenters. The van der Waals surface area contributed by atoms with Crippen LogP contribution in [-0.4, -0.2) is 28.2 Å². The monoisotopic (exact) mass is 367 g/mol. The third kappa shape index (κ3) is 3.63. The van der Waals surface area contributed by atoms with E-state index in [1.807, 2.05) is 0 Å².